The summed E-state index contributed by atoms with van der Waals surface area (Å²) in [7, 11) is 0. The molecule has 0 amide bonds. The third kappa shape index (κ3) is 2.31. The summed E-state index contributed by atoms with van der Waals surface area (Å²) in [6, 6.07) is 1.95. The number of carbonyl (C=O) groups excluding carboxylic acids is 1. The minimum Gasteiger partial charge on any atom is -0.294 e. The van der Waals surface area contributed by atoms with Gasteiger partial charge in [0, 0.05) is 16.9 Å². The lowest BCUT2D eigenvalue weighted by Gasteiger charge is -2.31. The van der Waals surface area contributed by atoms with Crippen LogP contribution in [0.4, 0.5) is 0 Å². The number of hydrogen-bond donors (Lipinski definition) is 0. The smallest absolute Gasteiger partial charge is 0.166 e. The first-order valence-corrected chi connectivity index (χ1v) is 6.69. The van der Waals surface area contributed by atoms with Gasteiger partial charge in [-0.05, 0) is 42.5 Å². The van der Waals surface area contributed by atoms with Crippen LogP contribution in [0.5, 0.6) is 0 Å². The molecule has 1 aromatic rings. The average molecular weight is 222 g/mol. The molecule has 2 rings (SSSR count). The Morgan fingerprint density at radius 2 is 2.13 bits per heavy atom. The average Bonchev–Trinajstić information content (AvgIpc) is 2.74. The highest BCUT2D eigenvalue weighted by molar-refractivity contribution is 7.08. The van der Waals surface area contributed by atoms with E-state index in [-0.39, 0.29) is 5.92 Å². The van der Waals surface area contributed by atoms with E-state index in [4.69, 9.17) is 0 Å². The van der Waals surface area contributed by atoms with Gasteiger partial charge in [-0.3, -0.25) is 4.79 Å². The third-order valence-corrected chi connectivity index (χ3v) is 4.46. The van der Waals surface area contributed by atoms with Crippen molar-refractivity contribution < 1.29 is 4.79 Å². The Kier molecular flexibility index (Phi) is 3.25. The quantitative estimate of drug-likeness (QED) is 0.691. The maximum absolute atomic E-state index is 12.1. The molecule has 1 aliphatic rings. The van der Waals surface area contributed by atoms with Crippen LogP contribution >= 0.6 is 11.3 Å². The van der Waals surface area contributed by atoms with E-state index in [0.717, 1.165) is 24.3 Å². The fourth-order valence-corrected chi connectivity index (χ4v) is 3.07. The Morgan fingerprint density at radius 3 is 2.73 bits per heavy atom. The van der Waals surface area contributed by atoms with Crippen LogP contribution in [0, 0.1) is 17.8 Å². The van der Waals surface area contributed by atoms with E-state index in [1.54, 1.807) is 11.3 Å². The van der Waals surface area contributed by atoms with Gasteiger partial charge in [0.15, 0.2) is 5.78 Å². The molecule has 3 unspecified atom stereocenters. The highest BCUT2D eigenvalue weighted by Crippen LogP contribution is 2.35. The molecule has 0 aliphatic heterocycles. The number of carbonyl (C=O) groups is 1. The van der Waals surface area contributed by atoms with E-state index in [1.807, 2.05) is 16.8 Å². The summed E-state index contributed by atoms with van der Waals surface area (Å²) in [5.41, 5.74) is 0.923. The highest BCUT2D eigenvalue weighted by atomic mass is 32.1. The summed E-state index contributed by atoms with van der Waals surface area (Å²) in [6.45, 7) is 4.58. The van der Waals surface area contributed by atoms with Crippen molar-refractivity contribution in [3.05, 3.63) is 22.4 Å². The van der Waals surface area contributed by atoms with Gasteiger partial charge in [0.25, 0.3) is 0 Å². The van der Waals surface area contributed by atoms with Gasteiger partial charge < -0.3 is 0 Å². The van der Waals surface area contributed by atoms with Gasteiger partial charge in [-0.1, -0.05) is 13.8 Å². The van der Waals surface area contributed by atoms with Crippen molar-refractivity contribution in [1.29, 1.82) is 0 Å². The summed E-state index contributed by atoms with van der Waals surface area (Å²) in [5, 5.41) is 3.97. The molecule has 15 heavy (non-hydrogen) atoms. The zero-order valence-electron chi connectivity index (χ0n) is 9.40. The van der Waals surface area contributed by atoms with Crippen LogP contribution in [0.2, 0.25) is 0 Å². The molecule has 1 heterocycles. The fraction of sp³-hybridized carbons (Fsp3) is 0.615. The molecule has 1 fully saturated rings. The van der Waals surface area contributed by atoms with E-state index >= 15 is 0 Å². The Morgan fingerprint density at radius 1 is 1.33 bits per heavy atom. The Bertz CT molecular complexity index is 328. The molecule has 1 aliphatic carbocycles. The molecular weight excluding hydrogens is 204 g/mol. The lowest BCUT2D eigenvalue weighted by Crippen LogP contribution is -2.26. The topological polar surface area (TPSA) is 17.1 Å². The van der Waals surface area contributed by atoms with Crippen LogP contribution in [0.15, 0.2) is 16.8 Å². The Labute approximate surface area is 95.5 Å². The number of ketones is 1. The van der Waals surface area contributed by atoms with E-state index < -0.39 is 0 Å². The van der Waals surface area contributed by atoms with Gasteiger partial charge in [-0.25, -0.2) is 0 Å². The summed E-state index contributed by atoms with van der Waals surface area (Å²) < 4.78 is 0. The zero-order valence-corrected chi connectivity index (χ0v) is 10.2. The summed E-state index contributed by atoms with van der Waals surface area (Å²) in [4.78, 5) is 12.1. The summed E-state index contributed by atoms with van der Waals surface area (Å²) >= 11 is 1.61. The Hall–Kier alpha value is -0.630. The summed E-state index contributed by atoms with van der Waals surface area (Å²) in [6.07, 6.45) is 3.37. The second-order valence-electron chi connectivity index (χ2n) is 4.84. The maximum atomic E-state index is 12.1. The van der Waals surface area contributed by atoms with E-state index in [0.29, 0.717) is 11.7 Å². The Balaban J connectivity index is 2.03. The molecule has 0 N–H and O–H groups in total. The van der Waals surface area contributed by atoms with Crippen LogP contribution in [0.25, 0.3) is 0 Å². The second kappa shape index (κ2) is 4.48. The molecule has 82 valence electrons. The van der Waals surface area contributed by atoms with Crippen molar-refractivity contribution >= 4 is 17.1 Å². The van der Waals surface area contributed by atoms with E-state index in [2.05, 4.69) is 13.8 Å². The van der Waals surface area contributed by atoms with Crippen molar-refractivity contribution in [2.45, 2.75) is 33.1 Å². The number of hydrogen-bond acceptors (Lipinski definition) is 2. The molecule has 1 saturated carbocycles. The lowest BCUT2D eigenvalue weighted by molar-refractivity contribution is 0.0838. The molecule has 1 nitrogen and oxygen atoms in total. The van der Waals surface area contributed by atoms with E-state index in [1.165, 1.54) is 6.42 Å². The van der Waals surface area contributed by atoms with Gasteiger partial charge in [-0.15, -0.1) is 0 Å². The van der Waals surface area contributed by atoms with Gasteiger partial charge >= 0.3 is 0 Å². The molecule has 1 aromatic heterocycles. The molecule has 0 bridgehead atoms. The maximum Gasteiger partial charge on any atom is 0.166 e. The van der Waals surface area contributed by atoms with Crippen LogP contribution in [-0.2, 0) is 0 Å². The minimum atomic E-state index is 0.283. The molecule has 0 spiro atoms. The van der Waals surface area contributed by atoms with Crippen molar-refractivity contribution in [3.8, 4) is 0 Å². The van der Waals surface area contributed by atoms with Crippen molar-refractivity contribution in [2.75, 3.05) is 0 Å². The largest absolute Gasteiger partial charge is 0.294 e. The highest BCUT2D eigenvalue weighted by Gasteiger charge is 2.29. The minimum absolute atomic E-state index is 0.283. The number of Topliss-reactive ketones (excluding diaryl/α,β-unsaturated/α-hetero) is 1. The molecular formula is C13H18OS. The first kappa shape index (κ1) is 10.9. The number of rotatable bonds is 2. The standard InChI is InChI=1S/C13H18OS/c1-9-3-4-11(7-10(9)2)13(14)12-5-6-15-8-12/h5-6,8-11H,3-4,7H2,1-2H3. The van der Waals surface area contributed by atoms with Gasteiger partial charge in [0.2, 0.25) is 0 Å². The van der Waals surface area contributed by atoms with Crippen LogP contribution in [0.3, 0.4) is 0 Å². The zero-order chi connectivity index (χ0) is 10.8. The fourth-order valence-electron chi connectivity index (χ4n) is 2.43. The summed E-state index contributed by atoms with van der Waals surface area (Å²) in [5.74, 6) is 2.14. The first-order chi connectivity index (χ1) is 7.18. The number of thiophene rings is 1. The van der Waals surface area contributed by atoms with E-state index in [9.17, 15) is 4.79 Å². The monoisotopic (exact) mass is 222 g/mol. The van der Waals surface area contributed by atoms with Crippen LogP contribution in [-0.4, -0.2) is 5.78 Å². The molecule has 0 saturated heterocycles. The molecule has 0 radical (unpaired) electrons. The predicted octanol–water partition coefficient (Wildman–Crippen LogP) is 4.00. The van der Waals surface area contributed by atoms with Crippen molar-refractivity contribution in [3.63, 3.8) is 0 Å². The molecule has 3 atom stereocenters. The van der Waals surface area contributed by atoms with Gasteiger partial charge in [-0.2, -0.15) is 11.3 Å². The van der Waals surface area contributed by atoms with Crippen molar-refractivity contribution in [2.24, 2.45) is 17.8 Å². The molecule has 0 aromatic carbocycles. The SMILES string of the molecule is CC1CCC(C(=O)c2ccsc2)CC1C. The van der Waals surface area contributed by atoms with Crippen LogP contribution < -0.4 is 0 Å². The van der Waals surface area contributed by atoms with Crippen LogP contribution in [0.1, 0.15) is 43.5 Å². The third-order valence-electron chi connectivity index (χ3n) is 3.77. The lowest BCUT2D eigenvalue weighted by atomic mass is 9.74. The van der Waals surface area contributed by atoms with Gasteiger partial charge in [0.05, 0.1) is 0 Å². The normalized spacial score (nSPS) is 31.5. The van der Waals surface area contributed by atoms with Gasteiger partial charge in [0.1, 0.15) is 0 Å². The predicted molar refractivity (Wildman–Crippen MR) is 64.3 cm³/mol. The first-order valence-electron chi connectivity index (χ1n) is 5.75. The van der Waals surface area contributed by atoms with Crippen molar-refractivity contribution in [1.82, 2.24) is 0 Å². The molecule has 2 heteroatoms. The second-order valence-corrected chi connectivity index (χ2v) is 5.62.